The van der Waals surface area contributed by atoms with Crippen LogP contribution in [-0.4, -0.2) is 51.3 Å². The highest BCUT2D eigenvalue weighted by Gasteiger charge is 2.36. The second-order valence-electron chi connectivity index (χ2n) is 17.2. The van der Waals surface area contributed by atoms with Gasteiger partial charge in [-0.25, -0.2) is 0 Å². The van der Waals surface area contributed by atoms with Gasteiger partial charge in [-0.15, -0.1) is 0 Å². The zero-order chi connectivity index (χ0) is 33.2. The Labute approximate surface area is 279 Å². The minimum absolute atomic E-state index is 0.684. The maximum absolute atomic E-state index is 2.76. The van der Waals surface area contributed by atoms with E-state index in [0.717, 1.165) is 0 Å². The average Bonchev–Trinajstić information content (AvgIpc) is 2.87. The zero-order valence-electron chi connectivity index (χ0n) is 30.6. The number of hydrogen-bond acceptors (Lipinski definition) is 0. The first-order chi connectivity index (χ1) is 20.0. The van der Waals surface area contributed by atoms with Crippen molar-refractivity contribution in [3.63, 3.8) is 0 Å². The fourth-order valence-electron chi connectivity index (χ4n) is 6.58. The zero-order valence-corrected chi connectivity index (χ0v) is 36.6. The van der Waals surface area contributed by atoms with Crippen LogP contribution in [-0.2, 0) is 0 Å². The summed E-state index contributed by atoms with van der Waals surface area (Å²) in [6.07, 6.45) is 0. The van der Waals surface area contributed by atoms with Gasteiger partial charge in [0.2, 0.25) is 0 Å². The quantitative estimate of drug-likeness (QED) is 0.214. The van der Waals surface area contributed by atoms with Gasteiger partial charge in [0, 0.05) is 0 Å². The van der Waals surface area contributed by atoms with Crippen molar-refractivity contribution in [3.8, 4) is 0 Å². The summed E-state index contributed by atoms with van der Waals surface area (Å²) in [5, 5.41) is 16.6. The predicted octanol–water partition coefficient (Wildman–Crippen LogP) is 5.56. The summed E-state index contributed by atoms with van der Waals surface area (Å²) in [6, 6.07) is 19.5. The largest absolute Gasteiger partial charge is 0.122 e. The van der Waals surface area contributed by atoms with Crippen LogP contribution >= 0.6 is 0 Å². The van der Waals surface area contributed by atoms with E-state index in [9.17, 15) is 0 Å². The molecule has 0 aliphatic heterocycles. The maximum atomic E-state index is 2.76. The van der Waals surface area contributed by atoms with Crippen molar-refractivity contribution in [1.29, 1.82) is 0 Å². The molecule has 4 rings (SSSR count). The first-order valence-corrected chi connectivity index (χ1v) is 32.4. The molecule has 0 nitrogen and oxygen atoms in total. The molecule has 0 saturated carbocycles. The summed E-state index contributed by atoms with van der Waals surface area (Å²) >= 11 is 0. The highest BCUT2D eigenvalue weighted by molar-refractivity contribution is 7.05. The Hall–Kier alpha value is -1.56. The molecule has 0 saturated heterocycles. The van der Waals surface area contributed by atoms with Crippen LogP contribution in [0, 0.1) is 27.7 Å². The molecule has 0 N–H and O–H groups in total. The molecular weight excluding hydrogens is 625 g/mol. The molecule has 0 amide bonds. The van der Waals surface area contributed by atoms with Gasteiger partial charge in [-0.1, -0.05) is 169 Å². The summed E-state index contributed by atoms with van der Waals surface area (Å²) in [5.74, 6) is 0. The molecular formula is C38H56Si6. The van der Waals surface area contributed by atoms with Gasteiger partial charge >= 0.3 is 0 Å². The van der Waals surface area contributed by atoms with E-state index in [-0.39, 0.29) is 0 Å². The third kappa shape index (κ3) is 7.05. The van der Waals surface area contributed by atoms with Crippen molar-refractivity contribution in [1.82, 2.24) is 0 Å². The number of aryl methyl sites for hydroxylation is 2. The van der Waals surface area contributed by atoms with Crippen molar-refractivity contribution in [2.75, 3.05) is 0 Å². The molecule has 4 radical (unpaired) electrons. The van der Waals surface area contributed by atoms with Gasteiger partial charge in [0.15, 0.2) is 0 Å². The highest BCUT2D eigenvalue weighted by atomic mass is 28.3. The van der Waals surface area contributed by atoms with Crippen molar-refractivity contribution in [2.45, 2.75) is 106 Å². The molecule has 232 valence electrons. The second-order valence-corrected chi connectivity index (χ2v) is 39.8. The fourth-order valence-corrected chi connectivity index (χ4v) is 23.2. The molecule has 0 unspecified atom stereocenters. The summed E-state index contributed by atoms with van der Waals surface area (Å²) in [7, 11) is -5.34. The average molecular weight is 681 g/mol. The summed E-state index contributed by atoms with van der Waals surface area (Å²) in [4.78, 5) is 0. The number of rotatable bonds is 8. The van der Waals surface area contributed by atoms with Crippen LogP contribution in [0.4, 0.5) is 0 Å². The second kappa shape index (κ2) is 12.2. The third-order valence-corrected chi connectivity index (χ3v) is 21.5. The Morgan fingerprint density at radius 3 is 1.02 bits per heavy atom. The van der Waals surface area contributed by atoms with Gasteiger partial charge in [0.25, 0.3) is 0 Å². The van der Waals surface area contributed by atoms with E-state index in [1.54, 1.807) is 41.9 Å². The number of benzene rings is 4. The molecule has 0 aliphatic carbocycles. The van der Waals surface area contributed by atoms with Gasteiger partial charge in [-0.05, 0) is 60.7 Å². The minimum Gasteiger partial charge on any atom is -0.0656 e. The van der Waals surface area contributed by atoms with Crippen molar-refractivity contribution < 1.29 is 0 Å². The van der Waals surface area contributed by atoms with E-state index < -0.39 is 32.3 Å². The standard InChI is InChI=1S/C38H56Si6/c1-25-19-17-21-31(27(25)3)39-35-29-23-33(41(5,6)7)34(42(8,9)10)24-30(29)36(40-32-22-18-20-26(2)28(32)4)38(44(14,15)16)37(35)43(11,12)13/h17-24H,1-16H3. The van der Waals surface area contributed by atoms with E-state index in [1.165, 1.54) is 32.6 Å². The van der Waals surface area contributed by atoms with Gasteiger partial charge in [-0.2, -0.15) is 0 Å². The Balaban J connectivity index is 2.33. The summed E-state index contributed by atoms with van der Waals surface area (Å²) in [5.41, 5.74) is 5.77. The molecule has 4 aromatic carbocycles. The Bertz CT molecular complexity index is 1590. The van der Waals surface area contributed by atoms with E-state index in [0.29, 0.717) is 19.0 Å². The van der Waals surface area contributed by atoms with Crippen LogP contribution in [0.15, 0.2) is 48.5 Å². The Morgan fingerprint density at radius 2 is 0.750 bits per heavy atom. The molecule has 44 heavy (non-hydrogen) atoms. The monoisotopic (exact) mass is 680 g/mol. The van der Waals surface area contributed by atoms with Crippen LogP contribution in [0.5, 0.6) is 0 Å². The summed E-state index contributed by atoms with van der Waals surface area (Å²) < 4.78 is 0. The molecule has 0 spiro atoms. The molecule has 0 fully saturated rings. The van der Waals surface area contributed by atoms with Gasteiger partial charge in [0.05, 0.1) is 32.3 Å². The SMILES string of the molecule is Cc1cccc([Si]c2c([Si](C)(C)C)c([Si](C)(C)C)c([Si]c3cccc(C)c3C)c3cc([Si](C)(C)C)c([Si](C)(C)C)cc23)c1C. The first-order valence-electron chi connectivity index (χ1n) is 16.4. The number of fused-ring (bicyclic) bond motifs is 1. The lowest BCUT2D eigenvalue weighted by Crippen LogP contribution is -2.70. The number of hydrogen-bond donors (Lipinski definition) is 0. The Morgan fingerprint density at radius 1 is 0.432 bits per heavy atom. The van der Waals surface area contributed by atoms with Crippen molar-refractivity contribution in [3.05, 3.63) is 70.8 Å². The fraction of sp³-hybridized carbons (Fsp3) is 0.421. The first kappa shape index (κ1) is 35.3. The minimum atomic E-state index is -1.75. The van der Waals surface area contributed by atoms with Crippen LogP contribution in [0.2, 0.25) is 78.6 Å². The van der Waals surface area contributed by atoms with Crippen LogP contribution in [0.3, 0.4) is 0 Å². The van der Waals surface area contributed by atoms with E-state index in [1.807, 2.05) is 0 Å². The topological polar surface area (TPSA) is 0 Å². The molecule has 0 heterocycles. The third-order valence-electron chi connectivity index (χ3n) is 9.29. The maximum Gasteiger partial charge on any atom is 0.122 e. The smallest absolute Gasteiger partial charge is 0.0656 e. The van der Waals surface area contributed by atoms with Gasteiger partial charge < -0.3 is 0 Å². The van der Waals surface area contributed by atoms with Crippen molar-refractivity contribution in [2.24, 2.45) is 0 Å². The lowest BCUT2D eigenvalue weighted by atomic mass is 10.1. The van der Waals surface area contributed by atoms with Crippen LogP contribution in [0.1, 0.15) is 22.3 Å². The molecule has 0 atom stereocenters. The van der Waals surface area contributed by atoms with Crippen molar-refractivity contribution >= 4 is 104 Å². The highest BCUT2D eigenvalue weighted by Crippen LogP contribution is 2.18. The summed E-state index contributed by atoms with van der Waals surface area (Å²) in [6.45, 7) is 40.4. The lowest BCUT2D eigenvalue weighted by Gasteiger charge is -2.37. The van der Waals surface area contributed by atoms with Gasteiger partial charge in [0.1, 0.15) is 19.0 Å². The molecule has 0 bridgehead atoms. The molecule has 6 heteroatoms. The lowest BCUT2D eigenvalue weighted by molar-refractivity contribution is 1.37. The van der Waals surface area contributed by atoms with Crippen LogP contribution in [0.25, 0.3) is 10.8 Å². The molecule has 4 aromatic rings. The van der Waals surface area contributed by atoms with Crippen LogP contribution < -0.4 is 41.5 Å². The van der Waals surface area contributed by atoms with E-state index in [4.69, 9.17) is 0 Å². The van der Waals surface area contributed by atoms with E-state index >= 15 is 0 Å². The Kier molecular flexibility index (Phi) is 9.81. The normalized spacial score (nSPS) is 13.2. The predicted molar refractivity (Wildman–Crippen MR) is 218 cm³/mol. The molecule has 0 aromatic heterocycles. The molecule has 0 aliphatic rings. The van der Waals surface area contributed by atoms with E-state index in [2.05, 4.69) is 155 Å². The van der Waals surface area contributed by atoms with Gasteiger partial charge in [-0.3, -0.25) is 0 Å².